The Morgan fingerprint density at radius 3 is 2.62 bits per heavy atom. The summed E-state index contributed by atoms with van der Waals surface area (Å²) in [6, 6.07) is 8.20. The minimum absolute atomic E-state index is 0.0202. The molecule has 1 saturated heterocycles. The number of hydrogen-bond acceptors (Lipinski definition) is 5. The molecule has 0 aliphatic carbocycles. The number of ether oxygens (including phenoxy) is 1. The molecule has 0 saturated carbocycles. The van der Waals surface area contributed by atoms with Crippen LogP contribution in [-0.4, -0.2) is 67.1 Å². The molecule has 0 bridgehead atoms. The van der Waals surface area contributed by atoms with Crippen LogP contribution in [0.15, 0.2) is 42.7 Å². The van der Waals surface area contributed by atoms with Gasteiger partial charge < -0.3 is 9.64 Å². The zero-order valence-electron chi connectivity index (χ0n) is 15.6. The molecule has 2 aromatic rings. The first kappa shape index (κ1) is 22.0. The fourth-order valence-electron chi connectivity index (χ4n) is 2.98. The Morgan fingerprint density at radius 2 is 1.97 bits per heavy atom. The lowest BCUT2D eigenvalue weighted by Crippen LogP contribution is -2.44. The van der Waals surface area contributed by atoms with Crippen molar-refractivity contribution in [3.8, 4) is 0 Å². The molecule has 0 radical (unpaired) electrons. The first-order valence-electron chi connectivity index (χ1n) is 9.05. The maximum atomic E-state index is 13.1. The van der Waals surface area contributed by atoms with Crippen molar-refractivity contribution in [2.45, 2.75) is 6.54 Å². The average molecular weight is 458 g/mol. The van der Waals surface area contributed by atoms with E-state index in [1.54, 1.807) is 30.6 Å². The van der Waals surface area contributed by atoms with E-state index in [9.17, 15) is 13.2 Å². The fourth-order valence-corrected chi connectivity index (χ4v) is 4.88. The molecular weight excluding hydrogens is 437 g/mol. The van der Waals surface area contributed by atoms with E-state index in [1.165, 1.54) is 15.3 Å². The third-order valence-corrected chi connectivity index (χ3v) is 6.93. The lowest BCUT2D eigenvalue weighted by molar-refractivity contribution is 0.0716. The molecule has 29 heavy (non-hydrogen) atoms. The Balaban J connectivity index is 1.79. The summed E-state index contributed by atoms with van der Waals surface area (Å²) < 4.78 is 32.0. The topological polar surface area (TPSA) is 79.8 Å². The van der Waals surface area contributed by atoms with Crippen LogP contribution in [0.5, 0.6) is 0 Å². The molecule has 7 nitrogen and oxygen atoms in total. The van der Waals surface area contributed by atoms with E-state index in [0.29, 0.717) is 31.3 Å². The second-order valence-electron chi connectivity index (χ2n) is 6.54. The number of morpholine rings is 1. The van der Waals surface area contributed by atoms with E-state index < -0.39 is 10.0 Å². The maximum absolute atomic E-state index is 13.1. The molecule has 156 valence electrons. The first-order valence-corrected chi connectivity index (χ1v) is 11.4. The molecule has 0 spiro atoms. The van der Waals surface area contributed by atoms with Crippen LogP contribution in [0.4, 0.5) is 0 Å². The molecule has 1 aromatic heterocycles. The Bertz CT molecular complexity index is 951. The quantitative estimate of drug-likeness (QED) is 0.638. The number of carbonyl (C=O) groups is 1. The first-order chi connectivity index (χ1) is 13.9. The third-order valence-electron chi connectivity index (χ3n) is 4.53. The number of halogens is 2. The lowest BCUT2D eigenvalue weighted by Gasteiger charge is -2.28. The van der Waals surface area contributed by atoms with Gasteiger partial charge >= 0.3 is 0 Å². The Morgan fingerprint density at radius 1 is 1.21 bits per heavy atom. The standard InChI is InChI=1S/C19H21Cl2N3O4S/c20-16-3-4-17(18(21)12-16)19(25)23(14-15-2-1-5-22-13-15)8-11-29(26,27)24-6-9-28-10-7-24/h1-5,12-13H,6-11,14H2. The number of pyridine rings is 1. The number of nitrogens with zero attached hydrogens (tertiary/aromatic N) is 3. The van der Waals surface area contributed by atoms with E-state index in [0.717, 1.165) is 5.56 Å². The van der Waals surface area contributed by atoms with Gasteiger partial charge in [0.25, 0.3) is 5.91 Å². The van der Waals surface area contributed by atoms with Crippen LogP contribution in [0.1, 0.15) is 15.9 Å². The van der Waals surface area contributed by atoms with Crippen LogP contribution in [0.3, 0.4) is 0 Å². The minimum atomic E-state index is -3.51. The number of benzene rings is 1. The monoisotopic (exact) mass is 457 g/mol. The number of sulfonamides is 1. The van der Waals surface area contributed by atoms with Crippen molar-refractivity contribution >= 4 is 39.1 Å². The summed E-state index contributed by atoms with van der Waals surface area (Å²) in [6.07, 6.45) is 3.27. The van der Waals surface area contributed by atoms with Crippen molar-refractivity contribution in [1.29, 1.82) is 0 Å². The zero-order valence-corrected chi connectivity index (χ0v) is 18.0. The Labute approximate surface area is 180 Å². The van der Waals surface area contributed by atoms with Crippen molar-refractivity contribution in [3.05, 3.63) is 63.9 Å². The highest BCUT2D eigenvalue weighted by atomic mass is 35.5. The highest BCUT2D eigenvalue weighted by Crippen LogP contribution is 2.23. The summed E-state index contributed by atoms with van der Waals surface area (Å²) >= 11 is 12.1. The molecule has 1 amide bonds. The molecule has 1 aromatic carbocycles. The molecule has 0 unspecified atom stereocenters. The van der Waals surface area contributed by atoms with Crippen LogP contribution < -0.4 is 0 Å². The molecule has 2 heterocycles. The van der Waals surface area contributed by atoms with Crippen LogP contribution in [0, 0.1) is 0 Å². The van der Waals surface area contributed by atoms with Gasteiger partial charge in [0.1, 0.15) is 0 Å². The third kappa shape index (κ3) is 5.90. The summed E-state index contributed by atoms with van der Waals surface area (Å²) in [6.45, 7) is 1.62. The number of hydrogen-bond donors (Lipinski definition) is 0. The number of aromatic nitrogens is 1. The highest BCUT2D eigenvalue weighted by molar-refractivity contribution is 7.89. The predicted molar refractivity (Wildman–Crippen MR) is 112 cm³/mol. The van der Waals surface area contributed by atoms with Crippen LogP contribution in [0.25, 0.3) is 0 Å². The van der Waals surface area contributed by atoms with E-state index in [-0.39, 0.29) is 35.3 Å². The summed E-state index contributed by atoms with van der Waals surface area (Å²) in [5.74, 6) is -0.558. The van der Waals surface area contributed by atoms with Gasteiger partial charge in [-0.15, -0.1) is 0 Å². The second-order valence-corrected chi connectivity index (χ2v) is 9.47. The van der Waals surface area contributed by atoms with Gasteiger partial charge in [-0.1, -0.05) is 29.3 Å². The maximum Gasteiger partial charge on any atom is 0.255 e. The van der Waals surface area contributed by atoms with E-state index >= 15 is 0 Å². The van der Waals surface area contributed by atoms with Crippen molar-refractivity contribution in [2.75, 3.05) is 38.6 Å². The smallest absolute Gasteiger partial charge is 0.255 e. The Hall–Kier alpha value is -1.71. The van der Waals surface area contributed by atoms with Gasteiger partial charge in [-0.25, -0.2) is 8.42 Å². The Kier molecular flexibility index (Phi) is 7.48. The summed E-state index contributed by atoms with van der Waals surface area (Å²) in [4.78, 5) is 18.6. The summed E-state index contributed by atoms with van der Waals surface area (Å²) in [7, 11) is -3.51. The normalized spacial score (nSPS) is 15.2. The van der Waals surface area contributed by atoms with Gasteiger partial charge in [0.2, 0.25) is 10.0 Å². The van der Waals surface area contributed by atoms with Gasteiger partial charge in [-0.05, 0) is 29.8 Å². The van der Waals surface area contributed by atoms with Crippen LogP contribution in [0.2, 0.25) is 10.0 Å². The number of carbonyl (C=O) groups excluding carboxylic acids is 1. The SMILES string of the molecule is O=C(c1ccc(Cl)cc1Cl)N(CCS(=O)(=O)N1CCOCC1)Cc1cccnc1. The van der Waals surface area contributed by atoms with Gasteiger partial charge in [-0.3, -0.25) is 9.78 Å². The van der Waals surface area contributed by atoms with Crippen molar-refractivity contribution in [2.24, 2.45) is 0 Å². The van der Waals surface area contributed by atoms with E-state index in [1.807, 2.05) is 6.07 Å². The molecule has 1 fully saturated rings. The zero-order chi connectivity index (χ0) is 20.9. The van der Waals surface area contributed by atoms with Gasteiger partial charge in [0.15, 0.2) is 0 Å². The number of rotatable bonds is 7. The van der Waals surface area contributed by atoms with E-state index in [2.05, 4.69) is 4.98 Å². The van der Waals surface area contributed by atoms with Crippen molar-refractivity contribution in [3.63, 3.8) is 0 Å². The van der Waals surface area contributed by atoms with Crippen LogP contribution >= 0.6 is 23.2 Å². The second kappa shape index (κ2) is 9.86. The van der Waals surface area contributed by atoms with Gasteiger partial charge in [-0.2, -0.15) is 4.31 Å². The van der Waals surface area contributed by atoms with E-state index in [4.69, 9.17) is 27.9 Å². The molecule has 0 atom stereocenters. The summed E-state index contributed by atoms with van der Waals surface area (Å²) in [5.41, 5.74) is 1.05. The van der Waals surface area contributed by atoms with Crippen molar-refractivity contribution in [1.82, 2.24) is 14.2 Å². The largest absolute Gasteiger partial charge is 0.379 e. The lowest BCUT2D eigenvalue weighted by atomic mass is 10.1. The number of amides is 1. The highest BCUT2D eigenvalue weighted by Gasteiger charge is 2.27. The average Bonchev–Trinajstić information content (AvgIpc) is 2.72. The predicted octanol–water partition coefficient (Wildman–Crippen LogP) is 2.69. The van der Waals surface area contributed by atoms with Gasteiger partial charge in [0, 0.05) is 43.6 Å². The molecule has 0 N–H and O–H groups in total. The van der Waals surface area contributed by atoms with Gasteiger partial charge in [0.05, 0.1) is 29.6 Å². The van der Waals surface area contributed by atoms with Crippen LogP contribution in [-0.2, 0) is 21.3 Å². The molecule has 3 rings (SSSR count). The minimum Gasteiger partial charge on any atom is -0.379 e. The fraction of sp³-hybridized carbons (Fsp3) is 0.368. The summed E-state index contributed by atoms with van der Waals surface area (Å²) in [5, 5.41) is 0.634. The molecular formula is C19H21Cl2N3O4S. The molecule has 1 aliphatic heterocycles. The molecule has 10 heteroatoms. The molecule has 1 aliphatic rings. The van der Waals surface area contributed by atoms with Crippen molar-refractivity contribution < 1.29 is 17.9 Å².